The Morgan fingerprint density at radius 2 is 1.83 bits per heavy atom. The lowest BCUT2D eigenvalue weighted by Gasteiger charge is -2.29. The number of hydrogen-bond donors (Lipinski definition) is 2. The van der Waals surface area contributed by atoms with Gasteiger partial charge in [-0.15, -0.1) is 0 Å². The van der Waals surface area contributed by atoms with Crippen molar-refractivity contribution in [1.82, 2.24) is 0 Å². The van der Waals surface area contributed by atoms with Crippen LogP contribution in [-0.2, 0) is 0 Å². The average Bonchev–Trinajstić information content (AvgIpc) is 2.41. The molecule has 18 heavy (non-hydrogen) atoms. The van der Waals surface area contributed by atoms with Crippen molar-refractivity contribution in [2.24, 2.45) is 11.7 Å². The fourth-order valence-electron chi connectivity index (χ4n) is 2.52. The van der Waals surface area contributed by atoms with E-state index >= 15 is 0 Å². The molecule has 0 aliphatic heterocycles. The molecule has 0 amide bonds. The third-order valence-electron chi connectivity index (χ3n) is 3.74. The van der Waals surface area contributed by atoms with E-state index < -0.39 is 6.10 Å². The van der Waals surface area contributed by atoms with Crippen molar-refractivity contribution in [2.45, 2.75) is 38.7 Å². The zero-order valence-electron chi connectivity index (χ0n) is 11.6. The van der Waals surface area contributed by atoms with E-state index in [-0.39, 0.29) is 11.8 Å². The van der Waals surface area contributed by atoms with Gasteiger partial charge in [0.1, 0.15) is 5.75 Å². The largest absolute Gasteiger partial charge is 0.496 e. The molecule has 0 aliphatic rings. The molecular formula is C15H25NO2. The summed E-state index contributed by atoms with van der Waals surface area (Å²) in [7, 11) is 1.65. The Morgan fingerprint density at radius 1 is 1.22 bits per heavy atom. The van der Waals surface area contributed by atoms with E-state index in [0.717, 1.165) is 24.2 Å². The molecule has 1 aromatic carbocycles. The lowest BCUT2D eigenvalue weighted by molar-refractivity contribution is 0.0771. The number of rotatable bonds is 7. The average molecular weight is 251 g/mol. The van der Waals surface area contributed by atoms with E-state index in [4.69, 9.17) is 10.5 Å². The minimum absolute atomic E-state index is 0.0638. The van der Waals surface area contributed by atoms with Gasteiger partial charge in [-0.05, 0) is 12.0 Å². The van der Waals surface area contributed by atoms with Gasteiger partial charge < -0.3 is 15.6 Å². The first kappa shape index (κ1) is 15.0. The maximum atomic E-state index is 10.5. The Bertz CT molecular complexity index is 350. The summed E-state index contributed by atoms with van der Waals surface area (Å²) in [5.41, 5.74) is 6.86. The Kier molecular flexibility index (Phi) is 6.16. The molecule has 3 N–H and O–H groups in total. The van der Waals surface area contributed by atoms with Crippen LogP contribution in [0.1, 0.15) is 38.2 Å². The van der Waals surface area contributed by atoms with Gasteiger partial charge in [-0.3, -0.25) is 0 Å². The van der Waals surface area contributed by atoms with Gasteiger partial charge in [-0.2, -0.15) is 0 Å². The number of benzene rings is 1. The van der Waals surface area contributed by atoms with Crippen molar-refractivity contribution >= 4 is 0 Å². The van der Waals surface area contributed by atoms with Crippen LogP contribution in [0.15, 0.2) is 24.3 Å². The molecule has 0 bridgehead atoms. The van der Waals surface area contributed by atoms with E-state index in [2.05, 4.69) is 13.8 Å². The maximum absolute atomic E-state index is 10.5. The van der Waals surface area contributed by atoms with Gasteiger partial charge in [0.25, 0.3) is 0 Å². The van der Waals surface area contributed by atoms with Gasteiger partial charge in [0.15, 0.2) is 0 Å². The monoisotopic (exact) mass is 251 g/mol. The number of methoxy groups -OCH3 is 1. The Hall–Kier alpha value is -1.06. The van der Waals surface area contributed by atoms with Crippen LogP contribution in [0.25, 0.3) is 0 Å². The molecule has 0 fully saturated rings. The van der Waals surface area contributed by atoms with E-state index in [1.54, 1.807) is 7.11 Å². The maximum Gasteiger partial charge on any atom is 0.122 e. The molecule has 2 unspecified atom stereocenters. The van der Waals surface area contributed by atoms with Gasteiger partial charge in [-0.1, -0.05) is 44.9 Å². The minimum Gasteiger partial charge on any atom is -0.496 e. The second kappa shape index (κ2) is 7.39. The molecule has 2 atom stereocenters. The highest BCUT2D eigenvalue weighted by Crippen LogP contribution is 2.32. The van der Waals surface area contributed by atoms with E-state index in [1.165, 1.54) is 0 Å². The van der Waals surface area contributed by atoms with Gasteiger partial charge in [-0.25, -0.2) is 0 Å². The van der Waals surface area contributed by atoms with E-state index in [0.29, 0.717) is 6.54 Å². The molecule has 0 saturated heterocycles. The quantitative estimate of drug-likeness (QED) is 0.783. The minimum atomic E-state index is -0.415. The summed E-state index contributed by atoms with van der Waals surface area (Å²) >= 11 is 0. The van der Waals surface area contributed by atoms with Crippen LogP contribution in [0.4, 0.5) is 0 Å². The smallest absolute Gasteiger partial charge is 0.122 e. The predicted octanol–water partition coefficient (Wildman–Crippen LogP) is 2.53. The molecule has 0 aliphatic carbocycles. The summed E-state index contributed by atoms with van der Waals surface area (Å²) in [5.74, 6) is 1.02. The number of nitrogens with two attached hydrogens (primary N) is 1. The number of para-hydroxylation sites is 1. The van der Waals surface area contributed by atoms with Gasteiger partial charge >= 0.3 is 0 Å². The second-order valence-electron chi connectivity index (χ2n) is 4.65. The topological polar surface area (TPSA) is 55.5 Å². The SMILES string of the molecule is CCC(CC)C(O)C(CN)c1ccccc1OC. The van der Waals surface area contributed by atoms with Gasteiger partial charge in [0.05, 0.1) is 13.2 Å². The van der Waals surface area contributed by atoms with Gasteiger partial charge in [0, 0.05) is 18.0 Å². The molecule has 3 nitrogen and oxygen atoms in total. The zero-order chi connectivity index (χ0) is 13.5. The zero-order valence-corrected chi connectivity index (χ0v) is 11.6. The van der Waals surface area contributed by atoms with Crippen LogP contribution in [0.2, 0.25) is 0 Å². The Morgan fingerprint density at radius 3 is 2.33 bits per heavy atom. The molecule has 1 aromatic rings. The molecule has 0 saturated carbocycles. The van der Waals surface area contributed by atoms with E-state index in [9.17, 15) is 5.11 Å². The molecule has 0 spiro atoms. The van der Waals surface area contributed by atoms with E-state index in [1.807, 2.05) is 24.3 Å². The number of aliphatic hydroxyl groups is 1. The highest BCUT2D eigenvalue weighted by atomic mass is 16.5. The first-order valence-corrected chi connectivity index (χ1v) is 6.70. The van der Waals surface area contributed by atoms with Crippen LogP contribution in [-0.4, -0.2) is 24.9 Å². The summed E-state index contributed by atoms with van der Waals surface area (Å²) in [5, 5.41) is 10.5. The first-order chi connectivity index (χ1) is 8.69. The second-order valence-corrected chi connectivity index (χ2v) is 4.65. The van der Waals surface area contributed by atoms with Crippen molar-refractivity contribution in [3.63, 3.8) is 0 Å². The number of hydrogen-bond acceptors (Lipinski definition) is 3. The van der Waals surface area contributed by atoms with Gasteiger partial charge in [0.2, 0.25) is 0 Å². The fraction of sp³-hybridized carbons (Fsp3) is 0.600. The third-order valence-corrected chi connectivity index (χ3v) is 3.74. The molecular weight excluding hydrogens is 226 g/mol. The lowest BCUT2D eigenvalue weighted by Crippen LogP contribution is -2.32. The summed E-state index contributed by atoms with van der Waals surface area (Å²) in [6, 6.07) is 7.79. The standard InChI is InChI=1S/C15H25NO2/c1-4-11(5-2)15(17)13(10-16)12-8-6-7-9-14(12)18-3/h6-9,11,13,15,17H,4-5,10,16H2,1-3H3. The summed E-state index contributed by atoms with van der Waals surface area (Å²) in [6.07, 6.45) is 1.51. The highest BCUT2D eigenvalue weighted by Gasteiger charge is 2.27. The van der Waals surface area contributed by atoms with Crippen LogP contribution in [0.3, 0.4) is 0 Å². The van der Waals surface area contributed by atoms with Crippen molar-refractivity contribution < 1.29 is 9.84 Å². The van der Waals surface area contributed by atoms with Crippen molar-refractivity contribution in [3.05, 3.63) is 29.8 Å². The van der Waals surface area contributed by atoms with Crippen LogP contribution >= 0.6 is 0 Å². The molecule has 3 heteroatoms. The fourth-order valence-corrected chi connectivity index (χ4v) is 2.52. The molecule has 0 radical (unpaired) electrons. The van der Waals surface area contributed by atoms with Crippen molar-refractivity contribution in [2.75, 3.05) is 13.7 Å². The Balaban J connectivity index is 3.01. The van der Waals surface area contributed by atoms with Crippen molar-refractivity contribution in [3.8, 4) is 5.75 Å². The molecule has 0 aromatic heterocycles. The van der Waals surface area contributed by atoms with Crippen molar-refractivity contribution in [1.29, 1.82) is 0 Å². The molecule has 102 valence electrons. The number of ether oxygens (including phenoxy) is 1. The Labute approximate surface area is 110 Å². The summed E-state index contributed by atoms with van der Waals surface area (Å²) in [4.78, 5) is 0. The summed E-state index contributed by atoms with van der Waals surface area (Å²) < 4.78 is 5.36. The normalized spacial score (nSPS) is 14.6. The lowest BCUT2D eigenvalue weighted by atomic mass is 9.83. The van der Waals surface area contributed by atoms with Crippen LogP contribution < -0.4 is 10.5 Å². The predicted molar refractivity (Wildman–Crippen MR) is 74.9 cm³/mol. The first-order valence-electron chi connectivity index (χ1n) is 6.70. The molecule has 0 heterocycles. The summed E-state index contributed by atoms with van der Waals surface area (Å²) in [6.45, 7) is 4.64. The third kappa shape index (κ3) is 3.24. The number of aliphatic hydroxyl groups excluding tert-OH is 1. The van der Waals surface area contributed by atoms with Crippen LogP contribution in [0.5, 0.6) is 5.75 Å². The molecule has 1 rings (SSSR count). The highest BCUT2D eigenvalue weighted by molar-refractivity contribution is 5.37. The van der Waals surface area contributed by atoms with Crippen LogP contribution in [0, 0.1) is 5.92 Å².